The molecule has 0 saturated carbocycles. The first-order chi connectivity index (χ1) is 12.2. The Morgan fingerprint density at radius 1 is 1.04 bits per heavy atom. The van der Waals surface area contributed by atoms with E-state index in [2.05, 4.69) is 35.2 Å². The third-order valence-electron chi connectivity index (χ3n) is 4.91. The van der Waals surface area contributed by atoms with Gasteiger partial charge in [-0.2, -0.15) is 0 Å². The molecule has 0 spiro atoms. The fraction of sp³-hybridized carbons (Fsp3) is 0.381. The van der Waals surface area contributed by atoms with E-state index < -0.39 is 0 Å². The van der Waals surface area contributed by atoms with Gasteiger partial charge in [0.1, 0.15) is 16.5 Å². The maximum atomic E-state index is 5.75. The van der Waals surface area contributed by atoms with Crippen LogP contribution >= 0.6 is 12.2 Å². The predicted octanol–water partition coefficient (Wildman–Crippen LogP) is 4.33. The largest absolute Gasteiger partial charge is 0.497 e. The molecule has 132 valence electrons. The second-order valence-corrected chi connectivity index (χ2v) is 6.88. The first-order valence-corrected chi connectivity index (χ1v) is 9.17. The van der Waals surface area contributed by atoms with E-state index >= 15 is 0 Å². The van der Waals surface area contributed by atoms with Crippen LogP contribution in [0.1, 0.15) is 24.0 Å². The van der Waals surface area contributed by atoms with Gasteiger partial charge in [-0.25, -0.2) is 0 Å². The second-order valence-electron chi connectivity index (χ2n) is 6.49. The summed E-state index contributed by atoms with van der Waals surface area (Å²) >= 11 is 5.75. The summed E-state index contributed by atoms with van der Waals surface area (Å²) in [5.74, 6) is 2.29. The van der Waals surface area contributed by atoms with Gasteiger partial charge < -0.3 is 14.4 Å². The minimum absolute atomic E-state index is 0.735. The third kappa shape index (κ3) is 4.31. The van der Waals surface area contributed by atoms with Crippen LogP contribution < -0.4 is 9.47 Å². The second kappa shape index (κ2) is 8.34. The molecule has 1 fully saturated rings. The van der Waals surface area contributed by atoms with Gasteiger partial charge in [0.2, 0.25) is 0 Å². The number of likely N-dealkylation sites (tertiary alicyclic amines) is 1. The molecule has 2 aromatic carbocycles. The summed E-state index contributed by atoms with van der Waals surface area (Å²) in [6.45, 7) is 2.01. The van der Waals surface area contributed by atoms with Crippen molar-refractivity contribution in [3.05, 3.63) is 59.7 Å². The van der Waals surface area contributed by atoms with Gasteiger partial charge in [-0.1, -0.05) is 42.5 Å². The molecule has 0 radical (unpaired) electrons. The van der Waals surface area contributed by atoms with Gasteiger partial charge in [-0.15, -0.1) is 0 Å². The Labute approximate surface area is 155 Å². The van der Waals surface area contributed by atoms with Gasteiger partial charge in [-0.05, 0) is 42.9 Å². The molecule has 1 aliphatic rings. The highest BCUT2D eigenvalue weighted by Gasteiger charge is 2.23. The quantitative estimate of drug-likeness (QED) is 0.744. The molecular weight excluding hydrogens is 330 g/mol. The van der Waals surface area contributed by atoms with Crippen LogP contribution in [0.5, 0.6) is 11.5 Å². The Bertz CT molecular complexity index is 709. The maximum absolute atomic E-state index is 5.75. The van der Waals surface area contributed by atoms with Crippen LogP contribution in [0.4, 0.5) is 0 Å². The fourth-order valence-electron chi connectivity index (χ4n) is 3.43. The van der Waals surface area contributed by atoms with Crippen molar-refractivity contribution in [3.63, 3.8) is 0 Å². The highest BCUT2D eigenvalue weighted by atomic mass is 32.1. The monoisotopic (exact) mass is 355 g/mol. The van der Waals surface area contributed by atoms with E-state index in [1.807, 2.05) is 18.2 Å². The molecule has 0 aliphatic carbocycles. The standard InChI is InChI=1S/C21H25NO2S/c1-23-18-8-9-19(20(15-18)24-2)21(25)22-12-10-17(11-13-22)14-16-6-4-3-5-7-16/h3-9,15,17H,10-14H2,1-2H3. The van der Waals surface area contributed by atoms with Crippen LogP contribution in [-0.4, -0.2) is 37.2 Å². The van der Waals surface area contributed by atoms with Gasteiger partial charge in [0, 0.05) is 19.2 Å². The van der Waals surface area contributed by atoms with Crippen LogP contribution in [0.2, 0.25) is 0 Å². The summed E-state index contributed by atoms with van der Waals surface area (Å²) in [6, 6.07) is 16.6. The van der Waals surface area contributed by atoms with Crippen molar-refractivity contribution in [2.75, 3.05) is 27.3 Å². The first-order valence-electron chi connectivity index (χ1n) is 8.76. The highest BCUT2D eigenvalue weighted by molar-refractivity contribution is 7.80. The van der Waals surface area contributed by atoms with Crippen LogP contribution in [0.15, 0.2) is 48.5 Å². The number of rotatable bonds is 5. The van der Waals surface area contributed by atoms with Crippen LogP contribution in [0.25, 0.3) is 0 Å². The Morgan fingerprint density at radius 2 is 1.76 bits per heavy atom. The van der Waals surface area contributed by atoms with E-state index in [0.29, 0.717) is 0 Å². The predicted molar refractivity (Wildman–Crippen MR) is 106 cm³/mol. The molecule has 3 rings (SSSR count). The first kappa shape index (κ1) is 17.7. The number of piperidine rings is 1. The number of nitrogens with zero attached hydrogens (tertiary/aromatic N) is 1. The highest BCUT2D eigenvalue weighted by Crippen LogP contribution is 2.29. The van der Waals surface area contributed by atoms with Crippen molar-refractivity contribution in [1.29, 1.82) is 0 Å². The molecule has 0 aromatic heterocycles. The van der Waals surface area contributed by atoms with Gasteiger partial charge in [0.05, 0.1) is 19.8 Å². The molecule has 0 amide bonds. The summed E-state index contributed by atoms with van der Waals surface area (Å²) in [6.07, 6.45) is 3.51. The molecule has 1 heterocycles. The number of thiocarbonyl (C=S) groups is 1. The van der Waals surface area contributed by atoms with Crippen LogP contribution in [0.3, 0.4) is 0 Å². The van der Waals surface area contributed by atoms with E-state index in [-0.39, 0.29) is 0 Å². The Morgan fingerprint density at radius 3 is 2.40 bits per heavy atom. The Hall–Kier alpha value is -2.07. The summed E-state index contributed by atoms with van der Waals surface area (Å²) < 4.78 is 10.8. The summed E-state index contributed by atoms with van der Waals surface area (Å²) in [5, 5.41) is 0. The molecule has 3 nitrogen and oxygen atoms in total. The average molecular weight is 356 g/mol. The molecule has 2 aromatic rings. The van der Waals surface area contributed by atoms with Crippen molar-refractivity contribution >= 4 is 17.2 Å². The maximum Gasteiger partial charge on any atom is 0.132 e. The molecule has 25 heavy (non-hydrogen) atoms. The van der Waals surface area contributed by atoms with E-state index in [1.165, 1.54) is 18.4 Å². The van der Waals surface area contributed by atoms with Crippen molar-refractivity contribution in [2.45, 2.75) is 19.3 Å². The van der Waals surface area contributed by atoms with Gasteiger partial charge in [-0.3, -0.25) is 0 Å². The van der Waals surface area contributed by atoms with Crippen molar-refractivity contribution in [1.82, 2.24) is 4.90 Å². The third-order valence-corrected chi connectivity index (χ3v) is 5.39. The molecular formula is C21H25NO2S. The summed E-state index contributed by atoms with van der Waals surface area (Å²) in [7, 11) is 3.33. The zero-order chi connectivity index (χ0) is 17.6. The summed E-state index contributed by atoms with van der Waals surface area (Å²) in [4.78, 5) is 3.18. The van der Waals surface area contributed by atoms with Crippen molar-refractivity contribution in [3.8, 4) is 11.5 Å². The van der Waals surface area contributed by atoms with Crippen molar-refractivity contribution in [2.24, 2.45) is 5.92 Å². The summed E-state index contributed by atoms with van der Waals surface area (Å²) in [5.41, 5.74) is 2.40. The van der Waals surface area contributed by atoms with E-state index in [9.17, 15) is 0 Å². The molecule has 1 aliphatic heterocycles. The molecule has 0 bridgehead atoms. The van der Waals surface area contributed by atoms with Crippen molar-refractivity contribution < 1.29 is 9.47 Å². The SMILES string of the molecule is COc1ccc(C(=S)N2CCC(Cc3ccccc3)CC2)c(OC)c1. The number of hydrogen-bond donors (Lipinski definition) is 0. The number of methoxy groups -OCH3 is 2. The zero-order valence-corrected chi connectivity index (χ0v) is 15.7. The van der Waals surface area contributed by atoms with E-state index in [0.717, 1.165) is 47.5 Å². The average Bonchev–Trinajstić information content (AvgIpc) is 2.68. The fourth-order valence-corrected chi connectivity index (χ4v) is 3.78. The lowest BCUT2D eigenvalue weighted by molar-refractivity contribution is 0.268. The molecule has 0 N–H and O–H groups in total. The van der Waals surface area contributed by atoms with Gasteiger partial charge in [0.25, 0.3) is 0 Å². The van der Waals surface area contributed by atoms with Gasteiger partial charge in [0.15, 0.2) is 0 Å². The molecule has 1 saturated heterocycles. The van der Waals surface area contributed by atoms with E-state index in [1.54, 1.807) is 14.2 Å². The lowest BCUT2D eigenvalue weighted by Crippen LogP contribution is -2.38. The topological polar surface area (TPSA) is 21.7 Å². The normalized spacial score (nSPS) is 15.0. The van der Waals surface area contributed by atoms with Gasteiger partial charge >= 0.3 is 0 Å². The zero-order valence-electron chi connectivity index (χ0n) is 14.9. The van der Waals surface area contributed by atoms with E-state index in [4.69, 9.17) is 21.7 Å². The lowest BCUT2D eigenvalue weighted by atomic mass is 9.90. The minimum atomic E-state index is 0.735. The Balaban J connectivity index is 1.62. The lowest BCUT2D eigenvalue weighted by Gasteiger charge is -2.34. The smallest absolute Gasteiger partial charge is 0.132 e. The molecule has 0 atom stereocenters. The molecule has 4 heteroatoms. The number of benzene rings is 2. The number of ether oxygens (including phenoxy) is 2. The molecule has 0 unspecified atom stereocenters. The van der Waals surface area contributed by atoms with Crippen LogP contribution in [0, 0.1) is 5.92 Å². The Kier molecular flexibility index (Phi) is 5.92. The number of hydrogen-bond acceptors (Lipinski definition) is 3. The van der Waals surface area contributed by atoms with Crippen LogP contribution in [-0.2, 0) is 6.42 Å². The minimum Gasteiger partial charge on any atom is -0.497 e.